The van der Waals surface area contributed by atoms with Gasteiger partial charge in [0.05, 0.1) is 18.8 Å². The summed E-state index contributed by atoms with van der Waals surface area (Å²) in [6, 6.07) is 16.0. The van der Waals surface area contributed by atoms with Crippen LogP contribution in [0.2, 0.25) is 0 Å². The van der Waals surface area contributed by atoms with E-state index in [1.807, 2.05) is 49.4 Å². The second kappa shape index (κ2) is 8.41. The van der Waals surface area contributed by atoms with Gasteiger partial charge in [0.25, 0.3) is 0 Å². The average Bonchev–Trinajstić information content (AvgIpc) is 3.26. The van der Waals surface area contributed by atoms with E-state index in [0.717, 1.165) is 12.0 Å². The first-order valence-corrected chi connectivity index (χ1v) is 11.2. The largest absolute Gasteiger partial charge is 0.495 e. The van der Waals surface area contributed by atoms with Crippen molar-refractivity contribution in [3.05, 3.63) is 72.1 Å². The molecule has 3 aromatic rings. The van der Waals surface area contributed by atoms with Crippen molar-refractivity contribution >= 4 is 21.7 Å². The fourth-order valence-electron chi connectivity index (χ4n) is 3.71. The normalized spacial score (nSPS) is 17.1. The lowest BCUT2D eigenvalue weighted by molar-refractivity contribution is 0.377. The summed E-state index contributed by atoms with van der Waals surface area (Å²) in [6.07, 6.45) is 3.19. The van der Waals surface area contributed by atoms with E-state index in [4.69, 9.17) is 4.74 Å². The van der Waals surface area contributed by atoms with Gasteiger partial charge in [-0.1, -0.05) is 18.2 Å². The molecule has 1 aromatic carbocycles. The molecule has 0 amide bonds. The number of hydrogen-bond donors (Lipinski definition) is 1. The van der Waals surface area contributed by atoms with E-state index in [2.05, 4.69) is 15.3 Å². The van der Waals surface area contributed by atoms with Crippen LogP contribution in [0.3, 0.4) is 0 Å². The summed E-state index contributed by atoms with van der Waals surface area (Å²) in [5.41, 5.74) is 1.58. The van der Waals surface area contributed by atoms with E-state index in [-0.39, 0.29) is 10.9 Å². The van der Waals surface area contributed by atoms with Crippen LogP contribution >= 0.6 is 0 Å². The van der Waals surface area contributed by atoms with Gasteiger partial charge in [0, 0.05) is 12.7 Å². The molecular formula is C22H24N4O3S. The van der Waals surface area contributed by atoms with E-state index in [0.29, 0.717) is 36.0 Å². The Kier molecular flexibility index (Phi) is 5.69. The molecule has 4 rings (SSSR count). The molecule has 0 aliphatic carbocycles. The SMILES string of the molecule is COc1ccc(C)cc1S(=O)(=O)N1CCC[C@H]1c1cccc(Nc2ccccn2)n1. The van der Waals surface area contributed by atoms with Gasteiger partial charge in [0.15, 0.2) is 0 Å². The molecule has 2 aromatic heterocycles. The van der Waals surface area contributed by atoms with Gasteiger partial charge in [-0.25, -0.2) is 18.4 Å². The molecule has 0 bridgehead atoms. The number of nitrogens with zero attached hydrogens (tertiary/aromatic N) is 3. The summed E-state index contributed by atoms with van der Waals surface area (Å²) in [5, 5.41) is 3.17. The first-order valence-electron chi connectivity index (χ1n) is 9.80. The quantitative estimate of drug-likeness (QED) is 0.642. The van der Waals surface area contributed by atoms with Crippen LogP contribution in [0.25, 0.3) is 0 Å². The van der Waals surface area contributed by atoms with Crippen molar-refractivity contribution < 1.29 is 13.2 Å². The fourth-order valence-corrected chi connectivity index (χ4v) is 5.62. The number of aromatic nitrogens is 2. The summed E-state index contributed by atoms with van der Waals surface area (Å²) in [5.74, 6) is 1.66. The third kappa shape index (κ3) is 4.01. The summed E-state index contributed by atoms with van der Waals surface area (Å²) >= 11 is 0. The number of ether oxygens (including phenoxy) is 1. The highest BCUT2D eigenvalue weighted by Gasteiger charge is 2.38. The van der Waals surface area contributed by atoms with Crippen LogP contribution in [0.15, 0.2) is 65.7 Å². The number of nitrogens with one attached hydrogen (secondary N) is 1. The van der Waals surface area contributed by atoms with Gasteiger partial charge in [0.2, 0.25) is 10.0 Å². The van der Waals surface area contributed by atoms with E-state index >= 15 is 0 Å². The van der Waals surface area contributed by atoms with E-state index in [9.17, 15) is 8.42 Å². The Balaban J connectivity index is 1.66. The molecule has 1 saturated heterocycles. The van der Waals surface area contributed by atoms with Crippen molar-refractivity contribution in [1.29, 1.82) is 0 Å². The van der Waals surface area contributed by atoms with Gasteiger partial charge in [-0.05, 0) is 61.7 Å². The number of methoxy groups -OCH3 is 1. The maximum atomic E-state index is 13.5. The van der Waals surface area contributed by atoms with Gasteiger partial charge in [-0.15, -0.1) is 0 Å². The number of aryl methyl sites for hydroxylation is 1. The van der Waals surface area contributed by atoms with Crippen molar-refractivity contribution in [1.82, 2.24) is 14.3 Å². The van der Waals surface area contributed by atoms with E-state index < -0.39 is 10.0 Å². The number of hydrogen-bond acceptors (Lipinski definition) is 6. The molecule has 7 nitrogen and oxygen atoms in total. The highest BCUT2D eigenvalue weighted by molar-refractivity contribution is 7.89. The summed E-state index contributed by atoms with van der Waals surface area (Å²) in [6.45, 7) is 2.32. The molecule has 156 valence electrons. The lowest BCUT2D eigenvalue weighted by atomic mass is 10.1. The van der Waals surface area contributed by atoms with Crippen molar-refractivity contribution in [3.63, 3.8) is 0 Å². The zero-order valence-corrected chi connectivity index (χ0v) is 17.8. The number of pyridine rings is 2. The van der Waals surface area contributed by atoms with Crippen molar-refractivity contribution in [2.75, 3.05) is 19.0 Å². The van der Waals surface area contributed by atoms with Gasteiger partial charge >= 0.3 is 0 Å². The first-order chi connectivity index (χ1) is 14.5. The lowest BCUT2D eigenvalue weighted by Gasteiger charge is -2.25. The van der Waals surface area contributed by atoms with Crippen LogP contribution < -0.4 is 10.1 Å². The Labute approximate surface area is 176 Å². The molecule has 1 aliphatic rings. The van der Waals surface area contributed by atoms with Crippen LogP contribution in [0.1, 0.15) is 30.1 Å². The molecule has 3 heterocycles. The second-order valence-electron chi connectivity index (χ2n) is 7.22. The zero-order valence-electron chi connectivity index (χ0n) is 16.9. The van der Waals surface area contributed by atoms with Gasteiger partial charge in [-0.3, -0.25) is 0 Å². The van der Waals surface area contributed by atoms with Crippen molar-refractivity contribution in [2.45, 2.75) is 30.7 Å². The maximum Gasteiger partial charge on any atom is 0.247 e. The average molecular weight is 425 g/mol. The predicted octanol–water partition coefficient (Wildman–Crippen LogP) is 4.06. The lowest BCUT2D eigenvalue weighted by Crippen LogP contribution is -2.31. The standard InChI is InChI=1S/C22H24N4O3S/c1-16-11-12-19(29-2)20(15-16)30(27,28)26-14-6-8-18(26)17-7-5-10-22(24-17)25-21-9-3-4-13-23-21/h3-5,7,9-13,15,18H,6,8,14H2,1-2H3,(H,23,24,25)/t18-/m0/s1. The molecule has 0 radical (unpaired) electrons. The highest BCUT2D eigenvalue weighted by atomic mass is 32.2. The Morgan fingerprint density at radius 1 is 1.10 bits per heavy atom. The Morgan fingerprint density at radius 3 is 2.70 bits per heavy atom. The van der Waals surface area contributed by atoms with Crippen LogP contribution in [-0.4, -0.2) is 36.3 Å². The predicted molar refractivity (Wildman–Crippen MR) is 115 cm³/mol. The summed E-state index contributed by atoms with van der Waals surface area (Å²) in [4.78, 5) is 9.12. The second-order valence-corrected chi connectivity index (χ2v) is 9.07. The van der Waals surface area contributed by atoms with Crippen LogP contribution in [-0.2, 0) is 10.0 Å². The third-order valence-electron chi connectivity index (χ3n) is 5.14. The summed E-state index contributed by atoms with van der Waals surface area (Å²) in [7, 11) is -2.25. The van der Waals surface area contributed by atoms with Crippen LogP contribution in [0.4, 0.5) is 11.6 Å². The molecule has 1 aliphatic heterocycles. The minimum atomic E-state index is -3.74. The zero-order chi connectivity index (χ0) is 21.1. The van der Waals surface area contributed by atoms with E-state index in [1.54, 1.807) is 18.3 Å². The molecule has 30 heavy (non-hydrogen) atoms. The minimum absolute atomic E-state index is 0.194. The topological polar surface area (TPSA) is 84.4 Å². The van der Waals surface area contributed by atoms with Crippen LogP contribution in [0, 0.1) is 6.92 Å². The summed E-state index contributed by atoms with van der Waals surface area (Å²) < 4.78 is 33.9. The van der Waals surface area contributed by atoms with E-state index in [1.165, 1.54) is 11.4 Å². The Hall–Kier alpha value is -2.97. The molecule has 0 spiro atoms. The molecule has 1 N–H and O–H groups in total. The van der Waals surface area contributed by atoms with Crippen LogP contribution in [0.5, 0.6) is 5.75 Å². The number of sulfonamides is 1. The third-order valence-corrected chi connectivity index (χ3v) is 7.07. The molecule has 0 unspecified atom stereocenters. The number of benzene rings is 1. The van der Waals surface area contributed by atoms with Gasteiger partial charge in [-0.2, -0.15) is 4.31 Å². The maximum absolute atomic E-state index is 13.5. The Morgan fingerprint density at radius 2 is 1.93 bits per heavy atom. The smallest absolute Gasteiger partial charge is 0.247 e. The number of anilines is 2. The van der Waals surface area contributed by atoms with Crippen molar-refractivity contribution in [3.8, 4) is 5.75 Å². The molecule has 1 atom stereocenters. The van der Waals surface area contributed by atoms with Gasteiger partial charge in [0.1, 0.15) is 22.3 Å². The number of rotatable bonds is 6. The molecule has 0 saturated carbocycles. The van der Waals surface area contributed by atoms with Crippen molar-refractivity contribution in [2.24, 2.45) is 0 Å². The Bertz CT molecular complexity index is 1140. The first kappa shape index (κ1) is 20.3. The molecule has 8 heteroatoms. The molecule has 1 fully saturated rings. The highest BCUT2D eigenvalue weighted by Crippen LogP contribution is 2.38. The minimum Gasteiger partial charge on any atom is -0.495 e. The fraction of sp³-hybridized carbons (Fsp3) is 0.273. The monoisotopic (exact) mass is 424 g/mol. The van der Waals surface area contributed by atoms with Gasteiger partial charge < -0.3 is 10.1 Å². The molecular weight excluding hydrogens is 400 g/mol.